The molecule has 2 fully saturated rings. The summed E-state index contributed by atoms with van der Waals surface area (Å²) in [6.07, 6.45) is 5.35. The molecule has 0 saturated carbocycles. The first kappa shape index (κ1) is 31.5. The molecule has 0 aliphatic carbocycles. The number of aliphatic hydroxyl groups is 1. The van der Waals surface area contributed by atoms with Crippen LogP contribution in [0.3, 0.4) is 0 Å². The standard InChI is InChI=1S/C31H42N4O3.CH4O/c1-3-14-33-19-21-35(25(2)24-33)30(28-8-6-9-29(37)23-28)26-10-12-27(13-11-26)31(38)34-17-7-16-32(18-20-34)15-4-5-22-36;1-2/h3,6,8-13,22-23,25,30,37H,1,4-5,7,14-21,24H2,2H3;2H,1H3. The fraction of sp³-hybridized carbons (Fsp3) is 0.500. The van der Waals surface area contributed by atoms with Crippen LogP contribution in [0.1, 0.15) is 53.7 Å². The molecular weight excluding hydrogens is 504 g/mol. The lowest BCUT2D eigenvalue weighted by Crippen LogP contribution is -2.53. The Morgan fingerprint density at radius 3 is 2.42 bits per heavy atom. The number of benzene rings is 2. The van der Waals surface area contributed by atoms with E-state index in [1.54, 1.807) is 6.07 Å². The molecule has 0 bridgehead atoms. The summed E-state index contributed by atoms with van der Waals surface area (Å²) in [5, 5.41) is 17.2. The van der Waals surface area contributed by atoms with Crippen LogP contribution in [0.4, 0.5) is 0 Å². The molecule has 0 radical (unpaired) electrons. The van der Waals surface area contributed by atoms with Gasteiger partial charge in [0.15, 0.2) is 0 Å². The first-order valence-electron chi connectivity index (χ1n) is 14.4. The summed E-state index contributed by atoms with van der Waals surface area (Å²) in [7, 11) is 1.00. The Balaban J connectivity index is 0.00000216. The van der Waals surface area contributed by atoms with Crippen molar-refractivity contribution in [1.29, 1.82) is 0 Å². The summed E-state index contributed by atoms with van der Waals surface area (Å²) in [5.74, 6) is 0.338. The maximum Gasteiger partial charge on any atom is 0.253 e. The van der Waals surface area contributed by atoms with Gasteiger partial charge in [-0.1, -0.05) is 30.3 Å². The first-order valence-corrected chi connectivity index (χ1v) is 14.4. The van der Waals surface area contributed by atoms with Crippen molar-refractivity contribution in [3.63, 3.8) is 0 Å². The van der Waals surface area contributed by atoms with E-state index < -0.39 is 0 Å². The van der Waals surface area contributed by atoms with Crippen molar-refractivity contribution in [3.8, 4) is 5.75 Å². The van der Waals surface area contributed by atoms with Crippen molar-refractivity contribution >= 4 is 12.2 Å². The number of hydrogen-bond acceptors (Lipinski definition) is 7. The molecule has 0 spiro atoms. The van der Waals surface area contributed by atoms with E-state index in [-0.39, 0.29) is 17.7 Å². The van der Waals surface area contributed by atoms with E-state index in [1.807, 2.05) is 35.2 Å². The molecule has 8 nitrogen and oxygen atoms in total. The predicted octanol–water partition coefficient (Wildman–Crippen LogP) is 3.41. The average Bonchev–Trinajstić information content (AvgIpc) is 3.22. The smallest absolute Gasteiger partial charge is 0.253 e. The average molecular weight is 551 g/mol. The minimum atomic E-state index is -0.00903. The van der Waals surface area contributed by atoms with E-state index in [1.165, 1.54) is 0 Å². The minimum Gasteiger partial charge on any atom is -0.508 e. The quantitative estimate of drug-likeness (QED) is 0.266. The van der Waals surface area contributed by atoms with Crippen molar-refractivity contribution in [2.24, 2.45) is 0 Å². The summed E-state index contributed by atoms with van der Waals surface area (Å²) in [4.78, 5) is 33.2. The fourth-order valence-electron chi connectivity index (χ4n) is 5.84. The van der Waals surface area contributed by atoms with Gasteiger partial charge in [0.2, 0.25) is 0 Å². The predicted molar refractivity (Wildman–Crippen MR) is 160 cm³/mol. The second-order valence-corrected chi connectivity index (χ2v) is 10.6. The number of amides is 1. The number of nitrogens with zero attached hydrogens (tertiary/aromatic N) is 4. The first-order chi connectivity index (χ1) is 19.5. The van der Waals surface area contributed by atoms with Crippen LogP contribution in [-0.4, -0.2) is 114 Å². The molecule has 4 rings (SSSR count). The van der Waals surface area contributed by atoms with Gasteiger partial charge in [-0.15, -0.1) is 6.58 Å². The topological polar surface area (TPSA) is 87.6 Å². The molecule has 2 aliphatic rings. The monoisotopic (exact) mass is 550 g/mol. The second-order valence-electron chi connectivity index (χ2n) is 10.6. The normalized spacial score (nSPS) is 19.7. The van der Waals surface area contributed by atoms with Gasteiger partial charge in [0.05, 0.1) is 6.04 Å². The van der Waals surface area contributed by atoms with Gasteiger partial charge in [-0.2, -0.15) is 0 Å². The maximum atomic E-state index is 13.4. The zero-order valence-electron chi connectivity index (χ0n) is 24.1. The highest BCUT2D eigenvalue weighted by molar-refractivity contribution is 5.94. The number of piperazine rings is 1. The molecule has 2 aliphatic heterocycles. The number of aliphatic hydroxyl groups excluding tert-OH is 1. The molecule has 0 aromatic heterocycles. The van der Waals surface area contributed by atoms with Crippen molar-refractivity contribution in [1.82, 2.24) is 19.6 Å². The van der Waals surface area contributed by atoms with Gasteiger partial charge in [-0.25, -0.2) is 0 Å². The third kappa shape index (κ3) is 8.48. The molecule has 40 heavy (non-hydrogen) atoms. The highest BCUT2D eigenvalue weighted by Gasteiger charge is 2.31. The summed E-state index contributed by atoms with van der Waals surface area (Å²) in [6.45, 7) is 14.0. The number of hydrogen-bond donors (Lipinski definition) is 2. The number of rotatable bonds is 10. The lowest BCUT2D eigenvalue weighted by molar-refractivity contribution is -0.108. The third-order valence-electron chi connectivity index (χ3n) is 7.81. The molecule has 2 N–H and O–H groups in total. The van der Waals surface area contributed by atoms with Gasteiger partial charge < -0.3 is 24.8 Å². The fourth-order valence-corrected chi connectivity index (χ4v) is 5.84. The third-order valence-corrected chi connectivity index (χ3v) is 7.81. The van der Waals surface area contributed by atoms with Gasteiger partial charge in [0.1, 0.15) is 12.0 Å². The highest BCUT2D eigenvalue weighted by Crippen LogP contribution is 2.33. The van der Waals surface area contributed by atoms with Crippen molar-refractivity contribution in [2.45, 2.75) is 38.3 Å². The molecule has 1 amide bonds. The molecule has 2 heterocycles. The Morgan fingerprint density at radius 1 is 1.00 bits per heavy atom. The molecule has 2 aromatic rings. The molecular formula is C32H46N4O4. The Labute approximate surface area is 239 Å². The maximum absolute atomic E-state index is 13.4. The van der Waals surface area contributed by atoms with Gasteiger partial charge in [0.25, 0.3) is 5.91 Å². The van der Waals surface area contributed by atoms with E-state index in [2.05, 4.69) is 46.4 Å². The summed E-state index contributed by atoms with van der Waals surface area (Å²) < 4.78 is 0. The van der Waals surface area contributed by atoms with E-state index in [9.17, 15) is 14.7 Å². The summed E-state index contributed by atoms with van der Waals surface area (Å²) in [5.41, 5.74) is 2.88. The van der Waals surface area contributed by atoms with E-state index in [4.69, 9.17) is 5.11 Å². The summed E-state index contributed by atoms with van der Waals surface area (Å²) in [6, 6.07) is 15.9. The largest absolute Gasteiger partial charge is 0.508 e. The Kier molecular flexibility index (Phi) is 12.8. The lowest BCUT2D eigenvalue weighted by Gasteiger charge is -2.44. The lowest BCUT2D eigenvalue weighted by atomic mass is 9.93. The van der Waals surface area contributed by atoms with Gasteiger partial charge in [0, 0.05) is 70.9 Å². The molecule has 218 valence electrons. The highest BCUT2D eigenvalue weighted by atomic mass is 16.3. The molecule has 2 atom stereocenters. The molecule has 8 heteroatoms. The Bertz CT molecular complexity index is 1080. The van der Waals surface area contributed by atoms with Crippen LogP contribution in [0.15, 0.2) is 61.2 Å². The van der Waals surface area contributed by atoms with Crippen molar-refractivity contribution in [2.75, 3.05) is 66.0 Å². The Hall–Kier alpha value is -3.04. The SMILES string of the molecule is C=CCN1CCN(C(c2ccc(C(=O)N3CCCN(CCCC=O)CC3)cc2)c2cccc(O)c2)C(C)C1.CO. The van der Waals surface area contributed by atoms with E-state index >= 15 is 0 Å². The number of aldehydes is 1. The van der Waals surface area contributed by atoms with Crippen LogP contribution in [0.5, 0.6) is 5.75 Å². The van der Waals surface area contributed by atoms with E-state index in [0.29, 0.717) is 24.6 Å². The number of phenols is 1. The summed E-state index contributed by atoms with van der Waals surface area (Å²) >= 11 is 0. The zero-order chi connectivity index (χ0) is 28.9. The number of carbonyl (C=O) groups excluding carboxylic acids is 2. The molecule has 2 aromatic carbocycles. The van der Waals surface area contributed by atoms with E-state index in [0.717, 1.165) is 89.7 Å². The van der Waals surface area contributed by atoms with Crippen LogP contribution in [-0.2, 0) is 4.79 Å². The van der Waals surface area contributed by atoms with Gasteiger partial charge >= 0.3 is 0 Å². The van der Waals surface area contributed by atoms with Crippen molar-refractivity contribution < 1.29 is 19.8 Å². The zero-order valence-corrected chi connectivity index (χ0v) is 24.1. The minimum absolute atomic E-state index is 0.00903. The van der Waals surface area contributed by atoms with Crippen molar-refractivity contribution in [3.05, 3.63) is 77.9 Å². The number of carbonyl (C=O) groups is 2. The van der Waals surface area contributed by atoms with Crippen LogP contribution in [0.2, 0.25) is 0 Å². The van der Waals surface area contributed by atoms with Crippen LogP contribution in [0.25, 0.3) is 0 Å². The van der Waals surface area contributed by atoms with Crippen LogP contribution in [0, 0.1) is 0 Å². The Morgan fingerprint density at radius 2 is 1.75 bits per heavy atom. The van der Waals surface area contributed by atoms with Gasteiger partial charge in [-0.3, -0.25) is 14.6 Å². The molecule has 2 saturated heterocycles. The number of aromatic hydroxyl groups is 1. The second kappa shape index (κ2) is 16.3. The molecule has 2 unspecified atom stereocenters. The number of phenolic OH excluding ortho intramolecular Hbond substituents is 1. The van der Waals surface area contributed by atoms with Gasteiger partial charge in [-0.05, 0) is 68.2 Å². The van der Waals surface area contributed by atoms with Crippen LogP contribution < -0.4 is 0 Å². The van der Waals surface area contributed by atoms with Crippen LogP contribution >= 0.6 is 0 Å². The number of unbranched alkanes of at least 4 members (excludes halogenated alkanes) is 1.